The topological polar surface area (TPSA) is 59.7 Å². The number of primary amides is 1. The van der Waals surface area contributed by atoms with E-state index >= 15 is 0 Å². The summed E-state index contributed by atoms with van der Waals surface area (Å²) < 4.78 is 0. The lowest BCUT2D eigenvalue weighted by molar-refractivity contribution is -0.719. The van der Waals surface area contributed by atoms with Crippen molar-refractivity contribution in [1.29, 1.82) is 0 Å². The number of amides is 1. The van der Waals surface area contributed by atoms with Crippen molar-refractivity contribution in [3.8, 4) is 0 Å². The molecule has 0 aromatic heterocycles. The molecule has 1 rings (SSSR count). The molecule has 100 valence electrons. The van der Waals surface area contributed by atoms with Gasteiger partial charge in [0.1, 0.15) is 6.04 Å². The highest BCUT2D eigenvalue weighted by Gasteiger charge is 2.24. The van der Waals surface area contributed by atoms with Gasteiger partial charge in [-0.15, -0.1) is 0 Å². The van der Waals surface area contributed by atoms with Crippen LogP contribution in [0.25, 0.3) is 0 Å². The van der Waals surface area contributed by atoms with Gasteiger partial charge in [0.05, 0.1) is 0 Å². The molecule has 1 amide bonds. The summed E-state index contributed by atoms with van der Waals surface area (Å²) in [6, 6.07) is 8.73. The number of aryl methyl sites for hydroxylation is 1. The van der Waals surface area contributed by atoms with Crippen LogP contribution in [0.2, 0.25) is 0 Å². The Morgan fingerprint density at radius 3 is 2.17 bits per heavy atom. The summed E-state index contributed by atoms with van der Waals surface area (Å²) in [5, 5.41) is 2.06. The van der Waals surface area contributed by atoms with Gasteiger partial charge in [-0.3, -0.25) is 4.79 Å². The SMILES string of the molecule is CCc1ccc([C@H]([NH2+][C@H](C)C(N)=O)C(C)C)cc1. The predicted molar refractivity (Wildman–Crippen MR) is 74.0 cm³/mol. The van der Waals surface area contributed by atoms with E-state index < -0.39 is 0 Å². The monoisotopic (exact) mass is 249 g/mol. The van der Waals surface area contributed by atoms with Crippen LogP contribution < -0.4 is 11.1 Å². The van der Waals surface area contributed by atoms with Gasteiger partial charge in [0.2, 0.25) is 0 Å². The molecule has 18 heavy (non-hydrogen) atoms. The number of quaternary nitrogens is 1. The first-order valence-electron chi connectivity index (χ1n) is 6.68. The summed E-state index contributed by atoms with van der Waals surface area (Å²) in [7, 11) is 0. The largest absolute Gasteiger partial charge is 0.365 e. The van der Waals surface area contributed by atoms with Crippen molar-refractivity contribution in [3.05, 3.63) is 35.4 Å². The van der Waals surface area contributed by atoms with Crippen LogP contribution in [-0.4, -0.2) is 11.9 Å². The van der Waals surface area contributed by atoms with E-state index in [-0.39, 0.29) is 18.0 Å². The molecular formula is C15H25N2O+. The van der Waals surface area contributed by atoms with Crippen molar-refractivity contribution in [1.82, 2.24) is 0 Å². The molecule has 0 heterocycles. The Bertz CT molecular complexity index is 384. The molecule has 0 saturated heterocycles. The third-order valence-electron chi connectivity index (χ3n) is 3.44. The number of benzene rings is 1. The molecule has 4 N–H and O–H groups in total. The summed E-state index contributed by atoms with van der Waals surface area (Å²) in [5.41, 5.74) is 7.93. The maximum Gasteiger partial charge on any atom is 0.275 e. The Labute approximate surface area is 110 Å². The van der Waals surface area contributed by atoms with E-state index in [1.54, 1.807) is 0 Å². The lowest BCUT2D eigenvalue weighted by atomic mass is 9.94. The summed E-state index contributed by atoms with van der Waals surface area (Å²) in [5.74, 6) is 0.199. The van der Waals surface area contributed by atoms with Crippen LogP contribution in [0.4, 0.5) is 0 Å². The molecule has 0 radical (unpaired) electrons. The lowest BCUT2D eigenvalue weighted by Crippen LogP contribution is -2.93. The number of rotatable bonds is 6. The predicted octanol–water partition coefficient (Wildman–Crippen LogP) is 1.38. The summed E-state index contributed by atoms with van der Waals surface area (Å²) >= 11 is 0. The van der Waals surface area contributed by atoms with Crippen LogP contribution in [0.5, 0.6) is 0 Å². The van der Waals surface area contributed by atoms with E-state index in [0.29, 0.717) is 5.92 Å². The molecule has 0 saturated carbocycles. The maximum absolute atomic E-state index is 11.2. The van der Waals surface area contributed by atoms with Crippen LogP contribution in [0, 0.1) is 5.92 Å². The molecule has 3 heteroatoms. The fraction of sp³-hybridized carbons (Fsp3) is 0.533. The van der Waals surface area contributed by atoms with Crippen molar-refractivity contribution >= 4 is 5.91 Å². The van der Waals surface area contributed by atoms with Gasteiger partial charge in [-0.05, 0) is 18.9 Å². The molecule has 1 aromatic carbocycles. The molecule has 3 nitrogen and oxygen atoms in total. The second-order valence-corrected chi connectivity index (χ2v) is 5.25. The van der Waals surface area contributed by atoms with Crippen LogP contribution in [0.15, 0.2) is 24.3 Å². The van der Waals surface area contributed by atoms with E-state index in [0.717, 1.165) is 6.42 Å². The van der Waals surface area contributed by atoms with E-state index in [1.807, 2.05) is 6.92 Å². The molecular weight excluding hydrogens is 224 g/mol. The molecule has 2 atom stereocenters. The Hall–Kier alpha value is -1.35. The van der Waals surface area contributed by atoms with Gasteiger partial charge in [-0.25, -0.2) is 0 Å². The Balaban J connectivity index is 2.86. The molecule has 0 aliphatic carbocycles. The van der Waals surface area contributed by atoms with E-state index in [9.17, 15) is 4.79 Å². The highest BCUT2D eigenvalue weighted by Crippen LogP contribution is 2.18. The molecule has 1 aromatic rings. The van der Waals surface area contributed by atoms with Crippen LogP contribution in [-0.2, 0) is 11.2 Å². The van der Waals surface area contributed by atoms with Gasteiger partial charge in [-0.1, -0.05) is 45.0 Å². The average molecular weight is 249 g/mol. The van der Waals surface area contributed by atoms with Gasteiger partial charge in [0.25, 0.3) is 5.91 Å². The Morgan fingerprint density at radius 1 is 1.22 bits per heavy atom. The van der Waals surface area contributed by atoms with E-state index in [4.69, 9.17) is 5.73 Å². The third kappa shape index (κ3) is 3.84. The second-order valence-electron chi connectivity index (χ2n) is 5.25. The Kier molecular flexibility index (Phi) is 5.35. The van der Waals surface area contributed by atoms with Crippen molar-refractivity contribution in [3.63, 3.8) is 0 Å². The van der Waals surface area contributed by atoms with Gasteiger partial charge >= 0.3 is 0 Å². The van der Waals surface area contributed by atoms with Crippen molar-refractivity contribution in [2.24, 2.45) is 11.7 Å². The Morgan fingerprint density at radius 2 is 1.78 bits per heavy atom. The van der Waals surface area contributed by atoms with Gasteiger partial charge in [-0.2, -0.15) is 0 Å². The second kappa shape index (κ2) is 6.55. The first-order valence-corrected chi connectivity index (χ1v) is 6.68. The van der Waals surface area contributed by atoms with E-state index in [1.165, 1.54) is 11.1 Å². The molecule has 0 bridgehead atoms. The zero-order valence-electron chi connectivity index (χ0n) is 11.8. The van der Waals surface area contributed by atoms with Gasteiger partial charge in [0, 0.05) is 11.5 Å². The maximum atomic E-state index is 11.2. The normalized spacial score (nSPS) is 14.5. The minimum atomic E-state index is -0.258. The molecule has 0 fully saturated rings. The van der Waals surface area contributed by atoms with Crippen molar-refractivity contribution in [2.75, 3.05) is 0 Å². The fourth-order valence-corrected chi connectivity index (χ4v) is 2.10. The first kappa shape index (κ1) is 14.7. The molecule has 0 unspecified atom stereocenters. The zero-order valence-corrected chi connectivity index (χ0v) is 11.8. The number of nitrogens with two attached hydrogens (primary N) is 2. The van der Waals surface area contributed by atoms with Crippen LogP contribution >= 0.6 is 0 Å². The van der Waals surface area contributed by atoms with Crippen LogP contribution in [0.1, 0.15) is 44.9 Å². The molecule has 0 aliphatic rings. The molecule has 0 spiro atoms. The number of hydrogen-bond donors (Lipinski definition) is 2. The fourth-order valence-electron chi connectivity index (χ4n) is 2.10. The smallest absolute Gasteiger partial charge is 0.275 e. The first-order chi connectivity index (χ1) is 8.45. The number of carbonyl (C=O) groups excluding carboxylic acids is 1. The van der Waals surface area contributed by atoms with Gasteiger partial charge < -0.3 is 11.1 Å². The van der Waals surface area contributed by atoms with Gasteiger partial charge in [0.15, 0.2) is 6.04 Å². The highest BCUT2D eigenvalue weighted by atomic mass is 16.1. The number of carbonyl (C=O) groups is 1. The minimum Gasteiger partial charge on any atom is -0.365 e. The summed E-state index contributed by atoms with van der Waals surface area (Å²) in [6.07, 6.45) is 1.05. The standard InChI is InChI=1S/C15H24N2O/c1-5-12-6-8-13(9-7-12)14(10(2)3)17-11(4)15(16)18/h6-11,14,17H,5H2,1-4H3,(H2,16,18)/p+1/t11-,14-/m1/s1. The van der Waals surface area contributed by atoms with Crippen molar-refractivity contribution < 1.29 is 10.1 Å². The quantitative estimate of drug-likeness (QED) is 0.786. The lowest BCUT2D eigenvalue weighted by Gasteiger charge is -2.22. The summed E-state index contributed by atoms with van der Waals surface area (Å²) in [6.45, 7) is 8.35. The minimum absolute atomic E-state index is 0.191. The van der Waals surface area contributed by atoms with Crippen molar-refractivity contribution in [2.45, 2.75) is 46.2 Å². The zero-order chi connectivity index (χ0) is 13.7. The van der Waals surface area contributed by atoms with E-state index in [2.05, 4.69) is 50.4 Å². The molecule has 0 aliphatic heterocycles. The average Bonchev–Trinajstić information content (AvgIpc) is 2.35. The number of hydrogen-bond acceptors (Lipinski definition) is 1. The summed E-state index contributed by atoms with van der Waals surface area (Å²) in [4.78, 5) is 11.2. The highest BCUT2D eigenvalue weighted by molar-refractivity contribution is 5.77. The third-order valence-corrected chi connectivity index (χ3v) is 3.44. The van der Waals surface area contributed by atoms with Crippen LogP contribution in [0.3, 0.4) is 0 Å².